The van der Waals surface area contributed by atoms with Gasteiger partial charge in [-0.05, 0) is 38.0 Å². The number of amides is 2. The van der Waals surface area contributed by atoms with Crippen LogP contribution in [0.1, 0.15) is 28.8 Å². The average Bonchev–Trinajstić information content (AvgIpc) is 2.79. The van der Waals surface area contributed by atoms with Crippen LogP contribution in [-0.4, -0.2) is 70.9 Å². The fraction of sp³-hybridized carbons (Fsp3) is 0.455. The number of likely N-dealkylation sites (tertiary alicyclic amines) is 1. The number of hydrogen-bond acceptors (Lipinski definition) is 5. The highest BCUT2D eigenvalue weighted by molar-refractivity contribution is 5.94. The van der Waals surface area contributed by atoms with Gasteiger partial charge in [-0.2, -0.15) is 0 Å². The normalized spacial score (nSPS) is 18.0. The monoisotopic (exact) mass is 393 g/mol. The molecule has 7 heteroatoms. The molecular weight excluding hydrogens is 366 g/mol. The van der Waals surface area contributed by atoms with E-state index >= 15 is 0 Å². The summed E-state index contributed by atoms with van der Waals surface area (Å²) < 4.78 is 0. The number of aromatic nitrogens is 2. The smallest absolute Gasteiger partial charge is 0.253 e. The Morgan fingerprint density at radius 2 is 1.48 bits per heavy atom. The molecule has 0 aliphatic carbocycles. The number of carbonyl (C=O) groups is 2. The predicted octanol–water partition coefficient (Wildman–Crippen LogP) is 1.99. The Hall–Kier alpha value is -2.96. The second kappa shape index (κ2) is 8.59. The number of piperazine rings is 1. The minimum Gasteiger partial charge on any atom is -0.339 e. The summed E-state index contributed by atoms with van der Waals surface area (Å²) in [6.45, 7) is 6.18. The Labute approximate surface area is 171 Å². The first-order valence-electron chi connectivity index (χ1n) is 10.3. The molecule has 2 aliphatic heterocycles. The van der Waals surface area contributed by atoms with E-state index in [0.29, 0.717) is 26.2 Å². The van der Waals surface area contributed by atoms with Gasteiger partial charge in [0.15, 0.2) is 0 Å². The standard InChI is InChI=1S/C22H27N5O2/c1-17-3-5-18(6-4-17)20(28)25-11-7-19(8-12-25)21(29)26-13-15-27(16-14-26)22-23-9-2-10-24-22/h2-6,9-10,19H,7-8,11-16H2,1H3. The molecule has 4 rings (SSSR count). The molecule has 152 valence electrons. The maximum absolute atomic E-state index is 13.0. The molecule has 0 N–H and O–H groups in total. The van der Waals surface area contributed by atoms with E-state index in [1.807, 2.05) is 41.0 Å². The molecule has 7 nitrogen and oxygen atoms in total. The molecule has 0 radical (unpaired) electrons. The van der Waals surface area contributed by atoms with Gasteiger partial charge < -0.3 is 14.7 Å². The molecule has 0 saturated carbocycles. The van der Waals surface area contributed by atoms with Crippen LogP contribution >= 0.6 is 0 Å². The van der Waals surface area contributed by atoms with Crippen molar-refractivity contribution in [3.05, 3.63) is 53.9 Å². The molecule has 0 atom stereocenters. The molecule has 29 heavy (non-hydrogen) atoms. The van der Waals surface area contributed by atoms with Crippen molar-refractivity contribution < 1.29 is 9.59 Å². The number of nitrogens with zero attached hydrogens (tertiary/aromatic N) is 5. The highest BCUT2D eigenvalue weighted by Gasteiger charge is 2.32. The molecule has 0 unspecified atom stereocenters. The van der Waals surface area contributed by atoms with E-state index in [1.54, 1.807) is 18.5 Å². The van der Waals surface area contributed by atoms with Gasteiger partial charge in [-0.25, -0.2) is 9.97 Å². The molecule has 1 aromatic heterocycles. The first-order chi connectivity index (χ1) is 14.1. The zero-order chi connectivity index (χ0) is 20.2. The Morgan fingerprint density at radius 1 is 0.862 bits per heavy atom. The number of hydrogen-bond donors (Lipinski definition) is 0. The Bertz CT molecular complexity index is 839. The average molecular weight is 393 g/mol. The first-order valence-corrected chi connectivity index (χ1v) is 10.3. The van der Waals surface area contributed by atoms with Gasteiger partial charge in [0.2, 0.25) is 11.9 Å². The van der Waals surface area contributed by atoms with E-state index in [2.05, 4.69) is 14.9 Å². The van der Waals surface area contributed by atoms with Crippen molar-refractivity contribution in [3.8, 4) is 0 Å². The van der Waals surface area contributed by atoms with Gasteiger partial charge in [0.25, 0.3) is 5.91 Å². The van der Waals surface area contributed by atoms with E-state index in [9.17, 15) is 9.59 Å². The zero-order valence-electron chi connectivity index (χ0n) is 16.8. The summed E-state index contributed by atoms with van der Waals surface area (Å²) >= 11 is 0. The van der Waals surface area contributed by atoms with Gasteiger partial charge in [0, 0.05) is 63.1 Å². The minimum atomic E-state index is 0.0107. The summed E-state index contributed by atoms with van der Waals surface area (Å²) in [4.78, 5) is 40.2. The molecule has 2 aromatic rings. The third-order valence-electron chi connectivity index (χ3n) is 5.86. The molecule has 3 heterocycles. The van der Waals surface area contributed by atoms with E-state index in [-0.39, 0.29) is 17.7 Å². The second-order valence-electron chi connectivity index (χ2n) is 7.79. The lowest BCUT2D eigenvalue weighted by Crippen LogP contribution is -2.52. The van der Waals surface area contributed by atoms with Gasteiger partial charge >= 0.3 is 0 Å². The van der Waals surface area contributed by atoms with Crippen molar-refractivity contribution in [1.82, 2.24) is 19.8 Å². The Kier molecular flexibility index (Phi) is 5.74. The summed E-state index contributed by atoms with van der Waals surface area (Å²) in [5.41, 5.74) is 1.87. The summed E-state index contributed by atoms with van der Waals surface area (Å²) in [6, 6.07) is 9.49. The van der Waals surface area contributed by atoms with Crippen molar-refractivity contribution in [2.45, 2.75) is 19.8 Å². The van der Waals surface area contributed by atoms with Crippen LogP contribution in [0.5, 0.6) is 0 Å². The van der Waals surface area contributed by atoms with Crippen LogP contribution in [0.4, 0.5) is 5.95 Å². The summed E-state index contributed by atoms with van der Waals surface area (Å²) in [5.74, 6) is 1.02. The van der Waals surface area contributed by atoms with Gasteiger partial charge in [0.1, 0.15) is 0 Å². The van der Waals surface area contributed by atoms with E-state index in [1.165, 1.54) is 0 Å². The van der Waals surface area contributed by atoms with Crippen molar-refractivity contribution in [1.29, 1.82) is 0 Å². The molecule has 2 amide bonds. The molecule has 0 bridgehead atoms. The van der Waals surface area contributed by atoms with Crippen LogP contribution in [0.3, 0.4) is 0 Å². The fourth-order valence-electron chi connectivity index (χ4n) is 4.05. The van der Waals surface area contributed by atoms with Crippen molar-refractivity contribution in [2.75, 3.05) is 44.2 Å². The van der Waals surface area contributed by atoms with Gasteiger partial charge in [-0.15, -0.1) is 0 Å². The second-order valence-corrected chi connectivity index (χ2v) is 7.79. The first kappa shape index (κ1) is 19.4. The largest absolute Gasteiger partial charge is 0.339 e. The number of piperidine rings is 1. The third-order valence-corrected chi connectivity index (χ3v) is 5.86. The Morgan fingerprint density at radius 3 is 2.10 bits per heavy atom. The fourth-order valence-corrected chi connectivity index (χ4v) is 4.05. The van der Waals surface area contributed by atoms with Crippen LogP contribution in [-0.2, 0) is 4.79 Å². The molecule has 1 aromatic carbocycles. The summed E-state index contributed by atoms with van der Waals surface area (Å²) in [7, 11) is 0. The number of anilines is 1. The molecule has 0 spiro atoms. The predicted molar refractivity (Wildman–Crippen MR) is 111 cm³/mol. The molecule has 2 aliphatic rings. The van der Waals surface area contributed by atoms with Crippen molar-refractivity contribution >= 4 is 17.8 Å². The topological polar surface area (TPSA) is 69.6 Å². The van der Waals surface area contributed by atoms with Crippen LogP contribution in [0.15, 0.2) is 42.7 Å². The van der Waals surface area contributed by atoms with Gasteiger partial charge in [-0.1, -0.05) is 17.7 Å². The van der Waals surface area contributed by atoms with Crippen molar-refractivity contribution in [2.24, 2.45) is 5.92 Å². The number of benzene rings is 1. The third kappa shape index (κ3) is 4.39. The van der Waals surface area contributed by atoms with E-state index in [4.69, 9.17) is 0 Å². The lowest BCUT2D eigenvalue weighted by Gasteiger charge is -2.38. The molecule has 2 saturated heterocycles. The molecule has 2 fully saturated rings. The van der Waals surface area contributed by atoms with Gasteiger partial charge in [0.05, 0.1) is 0 Å². The summed E-state index contributed by atoms with van der Waals surface area (Å²) in [5, 5.41) is 0. The van der Waals surface area contributed by atoms with Crippen LogP contribution < -0.4 is 4.90 Å². The zero-order valence-corrected chi connectivity index (χ0v) is 16.8. The highest BCUT2D eigenvalue weighted by Crippen LogP contribution is 2.22. The Balaban J connectivity index is 1.27. The van der Waals surface area contributed by atoms with E-state index in [0.717, 1.165) is 43.0 Å². The number of carbonyl (C=O) groups excluding carboxylic acids is 2. The number of rotatable bonds is 3. The lowest BCUT2D eigenvalue weighted by molar-refractivity contribution is -0.137. The van der Waals surface area contributed by atoms with Crippen LogP contribution in [0.25, 0.3) is 0 Å². The maximum atomic E-state index is 13.0. The van der Waals surface area contributed by atoms with Crippen LogP contribution in [0, 0.1) is 12.8 Å². The SMILES string of the molecule is Cc1ccc(C(=O)N2CCC(C(=O)N3CCN(c4ncccn4)CC3)CC2)cc1. The maximum Gasteiger partial charge on any atom is 0.253 e. The minimum absolute atomic E-state index is 0.0107. The number of aryl methyl sites for hydroxylation is 1. The molecular formula is C22H27N5O2. The van der Waals surface area contributed by atoms with E-state index < -0.39 is 0 Å². The highest BCUT2D eigenvalue weighted by atomic mass is 16.2. The quantitative estimate of drug-likeness (QED) is 0.798. The van der Waals surface area contributed by atoms with Gasteiger partial charge in [-0.3, -0.25) is 9.59 Å². The lowest BCUT2D eigenvalue weighted by atomic mass is 9.94. The van der Waals surface area contributed by atoms with Crippen molar-refractivity contribution in [3.63, 3.8) is 0 Å². The summed E-state index contributed by atoms with van der Waals surface area (Å²) in [6.07, 6.45) is 4.95. The van der Waals surface area contributed by atoms with Crippen LogP contribution in [0.2, 0.25) is 0 Å².